The summed E-state index contributed by atoms with van der Waals surface area (Å²) in [6, 6.07) is 12.6. The van der Waals surface area contributed by atoms with Crippen LogP contribution >= 0.6 is 0 Å². The van der Waals surface area contributed by atoms with Crippen LogP contribution in [0.5, 0.6) is 0 Å². The van der Waals surface area contributed by atoms with Crippen LogP contribution < -0.4 is 10.6 Å². The fourth-order valence-corrected chi connectivity index (χ4v) is 7.70. The summed E-state index contributed by atoms with van der Waals surface area (Å²) >= 11 is 0. The van der Waals surface area contributed by atoms with Gasteiger partial charge in [0.15, 0.2) is 0 Å². The predicted molar refractivity (Wildman–Crippen MR) is 216 cm³/mol. The molecule has 16 nitrogen and oxygen atoms in total. The highest BCUT2D eigenvalue weighted by atomic mass is 19.4. The molecule has 0 aliphatic carbocycles. The minimum Gasteiger partial charge on any atom is -0.453 e. The van der Waals surface area contributed by atoms with Gasteiger partial charge in [-0.15, -0.1) is 0 Å². The van der Waals surface area contributed by atoms with E-state index in [1.165, 1.54) is 7.11 Å². The number of likely N-dealkylation sites (tertiary alicyclic amines) is 2. The Kier molecular flexibility index (Phi) is 15.7. The highest BCUT2D eigenvalue weighted by molar-refractivity contribution is 5.87. The van der Waals surface area contributed by atoms with Crippen LogP contribution in [0.25, 0.3) is 33.6 Å². The molecule has 2 aliphatic heterocycles. The SMILES string of the molecule is COC(=O)N[C@@H](CCOCC(F)F)C(=O)N1CCC[C@H]1c1ncc(-c2ccc(-c3ccc(-c4cnc([C@@H]5CCCN5C(=O)[C@H](CCOCC(F)(F)F)NC(=O)OC)[nH]4)cc3)cc2)[nH]1. The average molecular weight is 889 g/mol. The smallest absolute Gasteiger partial charge is 0.411 e. The third-order valence-corrected chi connectivity index (χ3v) is 10.8. The molecule has 63 heavy (non-hydrogen) atoms. The molecule has 0 spiro atoms. The molecule has 2 aromatic carbocycles. The lowest BCUT2D eigenvalue weighted by Crippen LogP contribution is -2.49. The minimum absolute atomic E-state index is 0.0166. The van der Waals surface area contributed by atoms with Gasteiger partial charge in [-0.25, -0.2) is 28.3 Å². The number of amides is 4. The summed E-state index contributed by atoms with van der Waals surface area (Å²) in [7, 11) is 2.29. The first kappa shape index (κ1) is 46.4. The standard InChI is InChI=1S/C42H49F5N8O8/c1-60-40(58)52-29(15-19-62-23-35(43)44)38(56)54-17-3-5-33(54)36-48-21-31(50-36)27-11-7-25(8-12-27)26-9-13-28(14-10-26)32-22-49-37(51-32)34-6-4-18-55(34)39(57)30(53-41(59)61-2)16-20-63-24-42(45,46)47/h7-14,21-22,29-30,33-35H,3-6,15-20,23-24H2,1-2H3,(H,48,50)(H,49,51)(H,52,58)(H,53,59)/t29-,30-,33-,34-/m0/s1. The second kappa shape index (κ2) is 21.3. The number of hydrogen-bond donors (Lipinski definition) is 4. The van der Waals surface area contributed by atoms with E-state index in [0.717, 1.165) is 35.1 Å². The fraction of sp³-hybridized carbons (Fsp3) is 0.476. The Hall–Kier alpha value is -6.09. The predicted octanol–water partition coefficient (Wildman–Crippen LogP) is 6.55. The molecule has 2 aliphatic rings. The summed E-state index contributed by atoms with van der Waals surface area (Å²) in [6.45, 7) is -2.03. The number of aromatic nitrogens is 4. The summed E-state index contributed by atoms with van der Waals surface area (Å²) in [6.07, 6.45) is -3.17. The molecular weight excluding hydrogens is 840 g/mol. The van der Waals surface area contributed by atoms with E-state index in [2.05, 4.69) is 44.8 Å². The number of alkyl carbamates (subject to hydrolysis) is 2. The molecule has 4 atom stereocenters. The molecule has 4 amide bonds. The molecule has 340 valence electrons. The fourth-order valence-electron chi connectivity index (χ4n) is 7.70. The monoisotopic (exact) mass is 888 g/mol. The number of alkyl halides is 5. The topological polar surface area (TPSA) is 193 Å². The first-order valence-corrected chi connectivity index (χ1v) is 20.4. The van der Waals surface area contributed by atoms with Crippen molar-refractivity contribution in [2.45, 2.75) is 75.3 Å². The van der Waals surface area contributed by atoms with Crippen LogP contribution in [0.2, 0.25) is 0 Å². The molecule has 2 fully saturated rings. The summed E-state index contributed by atoms with van der Waals surface area (Å²) in [5.74, 6) is 0.228. The third-order valence-electron chi connectivity index (χ3n) is 10.8. The first-order valence-electron chi connectivity index (χ1n) is 20.4. The maximum atomic E-state index is 13.6. The number of aromatic amines is 2. The van der Waals surface area contributed by atoms with Gasteiger partial charge >= 0.3 is 18.4 Å². The number of carbonyl (C=O) groups excluding carboxylic acids is 4. The van der Waals surface area contributed by atoms with Crippen molar-refractivity contribution in [1.82, 2.24) is 40.4 Å². The van der Waals surface area contributed by atoms with Gasteiger partial charge in [-0.1, -0.05) is 48.5 Å². The number of halogens is 5. The third kappa shape index (κ3) is 12.3. The van der Waals surface area contributed by atoms with Crippen molar-refractivity contribution in [2.75, 3.05) is 53.7 Å². The molecule has 2 aromatic heterocycles. The summed E-state index contributed by atoms with van der Waals surface area (Å²) in [5, 5.41) is 4.91. The van der Waals surface area contributed by atoms with Gasteiger partial charge in [0, 0.05) is 39.1 Å². The number of nitrogens with zero attached hydrogens (tertiary/aromatic N) is 4. The van der Waals surface area contributed by atoms with Crippen LogP contribution in [0.15, 0.2) is 60.9 Å². The van der Waals surface area contributed by atoms with Gasteiger partial charge in [-0.2, -0.15) is 13.2 Å². The molecule has 6 rings (SSSR count). The van der Waals surface area contributed by atoms with Crippen LogP contribution in [0.4, 0.5) is 31.5 Å². The van der Waals surface area contributed by atoms with Crippen molar-refractivity contribution in [2.24, 2.45) is 0 Å². The molecule has 4 aromatic rings. The minimum atomic E-state index is -4.53. The molecule has 0 saturated carbocycles. The van der Waals surface area contributed by atoms with Gasteiger partial charge in [-0.3, -0.25) is 9.59 Å². The lowest BCUT2D eigenvalue weighted by molar-refractivity contribution is -0.174. The van der Waals surface area contributed by atoms with E-state index in [1.807, 2.05) is 48.5 Å². The molecule has 21 heteroatoms. The maximum absolute atomic E-state index is 13.6. The van der Waals surface area contributed by atoms with E-state index in [-0.39, 0.29) is 19.4 Å². The Morgan fingerprint density at radius 2 is 1.11 bits per heavy atom. The number of imidazole rings is 2. The van der Waals surface area contributed by atoms with E-state index in [1.54, 1.807) is 22.2 Å². The highest BCUT2D eigenvalue weighted by Gasteiger charge is 2.38. The zero-order valence-corrected chi connectivity index (χ0v) is 34.6. The number of methoxy groups -OCH3 is 2. The van der Waals surface area contributed by atoms with Gasteiger partial charge in [0.25, 0.3) is 6.43 Å². The van der Waals surface area contributed by atoms with Crippen molar-refractivity contribution < 1.29 is 60.1 Å². The van der Waals surface area contributed by atoms with Gasteiger partial charge in [0.1, 0.15) is 36.9 Å². The van der Waals surface area contributed by atoms with Crippen LogP contribution in [-0.4, -0.2) is 132 Å². The van der Waals surface area contributed by atoms with Crippen molar-refractivity contribution in [3.05, 3.63) is 72.6 Å². The Labute approximate surface area is 359 Å². The first-order chi connectivity index (χ1) is 30.2. The van der Waals surface area contributed by atoms with E-state index >= 15 is 0 Å². The second-order valence-electron chi connectivity index (χ2n) is 15.0. The number of ether oxygens (including phenoxy) is 4. The Morgan fingerprint density at radius 1 is 0.698 bits per heavy atom. The number of nitrogens with one attached hydrogen (secondary N) is 4. The quantitative estimate of drug-likeness (QED) is 0.0629. The molecule has 0 radical (unpaired) electrons. The average Bonchev–Trinajstić information content (AvgIpc) is 4.12. The number of rotatable bonds is 18. The van der Waals surface area contributed by atoms with E-state index < -0.39 is 80.6 Å². The van der Waals surface area contributed by atoms with Gasteiger partial charge < -0.3 is 49.3 Å². The van der Waals surface area contributed by atoms with Crippen LogP contribution in [-0.2, 0) is 28.5 Å². The zero-order chi connectivity index (χ0) is 45.1. The van der Waals surface area contributed by atoms with Crippen LogP contribution in [0.3, 0.4) is 0 Å². The molecular formula is C42H49F5N8O8. The Morgan fingerprint density at radius 3 is 1.51 bits per heavy atom. The second-order valence-corrected chi connectivity index (χ2v) is 15.0. The summed E-state index contributed by atoms with van der Waals surface area (Å²) in [5.41, 5.74) is 5.04. The number of carbonyl (C=O) groups is 4. The van der Waals surface area contributed by atoms with Crippen molar-refractivity contribution in [1.29, 1.82) is 0 Å². The van der Waals surface area contributed by atoms with Gasteiger partial charge in [0.2, 0.25) is 11.8 Å². The summed E-state index contributed by atoms with van der Waals surface area (Å²) < 4.78 is 81.9. The highest BCUT2D eigenvalue weighted by Crippen LogP contribution is 2.35. The van der Waals surface area contributed by atoms with E-state index in [4.69, 9.17) is 4.74 Å². The lowest BCUT2D eigenvalue weighted by Gasteiger charge is -2.28. The van der Waals surface area contributed by atoms with Crippen LogP contribution in [0.1, 0.15) is 62.3 Å². The number of H-pyrrole nitrogens is 2. The largest absolute Gasteiger partial charge is 0.453 e. The van der Waals surface area contributed by atoms with Gasteiger partial charge in [0.05, 0.1) is 50.1 Å². The van der Waals surface area contributed by atoms with Crippen molar-refractivity contribution in [3.63, 3.8) is 0 Å². The number of benzene rings is 2. The maximum Gasteiger partial charge on any atom is 0.411 e. The lowest BCUT2D eigenvalue weighted by atomic mass is 10.0. The molecule has 4 N–H and O–H groups in total. The Balaban J connectivity index is 1.07. The summed E-state index contributed by atoms with van der Waals surface area (Å²) in [4.78, 5) is 70.2. The van der Waals surface area contributed by atoms with Crippen molar-refractivity contribution >= 4 is 24.0 Å². The van der Waals surface area contributed by atoms with E-state index in [0.29, 0.717) is 56.1 Å². The van der Waals surface area contributed by atoms with Crippen molar-refractivity contribution in [3.8, 4) is 33.6 Å². The van der Waals surface area contributed by atoms with Crippen LogP contribution in [0, 0.1) is 0 Å². The normalized spacial score (nSPS) is 17.5. The zero-order valence-electron chi connectivity index (χ0n) is 34.6. The van der Waals surface area contributed by atoms with Gasteiger partial charge in [-0.05, 0) is 47.9 Å². The van der Waals surface area contributed by atoms with E-state index in [9.17, 15) is 41.1 Å². The molecule has 2 saturated heterocycles. The Bertz CT molecular complexity index is 2150. The molecule has 4 heterocycles. The number of hydrogen-bond acceptors (Lipinski definition) is 10. The molecule has 0 unspecified atom stereocenters. The molecule has 0 bridgehead atoms.